The topological polar surface area (TPSA) is 33.1 Å². The third-order valence-electron chi connectivity index (χ3n) is 4.42. The maximum atomic E-state index is 4.20. The molecule has 0 atom stereocenters. The molecule has 0 bridgehead atoms. The maximum absolute atomic E-state index is 4.20. The third-order valence-corrected chi connectivity index (χ3v) is 4.42. The number of aryl methyl sites for hydroxylation is 1. The second-order valence-corrected chi connectivity index (χ2v) is 5.70. The van der Waals surface area contributed by atoms with Crippen LogP contribution in [-0.4, -0.2) is 47.4 Å². The van der Waals surface area contributed by atoms with Crippen LogP contribution in [0.25, 0.3) is 0 Å². The lowest BCUT2D eigenvalue weighted by Gasteiger charge is -2.36. The van der Waals surface area contributed by atoms with E-state index in [4.69, 9.17) is 0 Å². The highest BCUT2D eigenvalue weighted by Gasteiger charge is 2.35. The molecule has 1 N–H and O–H groups in total. The monoisotopic (exact) mass is 250 g/mol. The highest BCUT2D eigenvalue weighted by molar-refractivity contribution is 5.01. The molecule has 1 aromatic rings. The summed E-state index contributed by atoms with van der Waals surface area (Å²) in [4.78, 5) is 2.41. The standard InChI is InChI=1S/C14H26N4/c1-17(2)14(8-4-5-9-14)12-15-10-6-13-7-11-16-18(13)3/h7,11,15H,4-6,8-10,12H2,1-3H3. The molecule has 0 saturated heterocycles. The smallest absolute Gasteiger partial charge is 0.0492 e. The van der Waals surface area contributed by atoms with Gasteiger partial charge in [-0.1, -0.05) is 12.8 Å². The Morgan fingerprint density at radius 1 is 1.39 bits per heavy atom. The fourth-order valence-electron chi connectivity index (χ4n) is 3.00. The number of hydrogen-bond donors (Lipinski definition) is 1. The van der Waals surface area contributed by atoms with Crippen molar-refractivity contribution in [3.63, 3.8) is 0 Å². The summed E-state index contributed by atoms with van der Waals surface area (Å²) in [6.45, 7) is 2.15. The van der Waals surface area contributed by atoms with Crippen molar-refractivity contribution in [1.29, 1.82) is 0 Å². The summed E-state index contributed by atoms with van der Waals surface area (Å²) in [5.74, 6) is 0. The number of rotatable bonds is 6. The van der Waals surface area contributed by atoms with Crippen LogP contribution in [0.15, 0.2) is 12.3 Å². The molecule has 4 heteroatoms. The summed E-state index contributed by atoms with van der Waals surface area (Å²) < 4.78 is 1.96. The van der Waals surface area contributed by atoms with Crippen molar-refractivity contribution >= 4 is 0 Å². The summed E-state index contributed by atoms with van der Waals surface area (Å²) in [6, 6.07) is 2.10. The van der Waals surface area contributed by atoms with E-state index < -0.39 is 0 Å². The van der Waals surface area contributed by atoms with Crippen molar-refractivity contribution in [1.82, 2.24) is 20.0 Å². The van der Waals surface area contributed by atoms with Crippen LogP contribution >= 0.6 is 0 Å². The molecule has 1 fully saturated rings. The van der Waals surface area contributed by atoms with E-state index in [2.05, 4.69) is 35.5 Å². The number of nitrogens with one attached hydrogen (secondary N) is 1. The lowest BCUT2D eigenvalue weighted by atomic mass is 9.96. The zero-order valence-electron chi connectivity index (χ0n) is 11.9. The van der Waals surface area contributed by atoms with E-state index in [1.54, 1.807) is 0 Å². The molecular formula is C14H26N4. The first kappa shape index (κ1) is 13.6. The summed E-state index contributed by atoms with van der Waals surface area (Å²) in [7, 11) is 6.44. The molecule has 0 unspecified atom stereocenters. The van der Waals surface area contributed by atoms with Gasteiger partial charge in [0.2, 0.25) is 0 Å². The lowest BCUT2D eigenvalue weighted by Crippen LogP contribution is -2.49. The van der Waals surface area contributed by atoms with Crippen molar-refractivity contribution in [3.05, 3.63) is 18.0 Å². The first-order chi connectivity index (χ1) is 8.64. The molecule has 0 amide bonds. The van der Waals surface area contributed by atoms with Crippen LogP contribution in [0.2, 0.25) is 0 Å². The van der Waals surface area contributed by atoms with Crippen LogP contribution in [0.5, 0.6) is 0 Å². The molecular weight excluding hydrogens is 224 g/mol. The number of hydrogen-bond acceptors (Lipinski definition) is 3. The largest absolute Gasteiger partial charge is 0.315 e. The number of nitrogens with zero attached hydrogens (tertiary/aromatic N) is 3. The molecule has 0 spiro atoms. The molecule has 0 radical (unpaired) electrons. The van der Waals surface area contributed by atoms with Crippen molar-refractivity contribution in [3.8, 4) is 0 Å². The fourth-order valence-corrected chi connectivity index (χ4v) is 3.00. The van der Waals surface area contributed by atoms with Crippen LogP contribution < -0.4 is 5.32 Å². The van der Waals surface area contributed by atoms with Gasteiger partial charge >= 0.3 is 0 Å². The predicted molar refractivity (Wildman–Crippen MR) is 74.7 cm³/mol. The zero-order chi connectivity index (χ0) is 13.0. The van der Waals surface area contributed by atoms with E-state index in [0.717, 1.165) is 19.5 Å². The summed E-state index contributed by atoms with van der Waals surface area (Å²) >= 11 is 0. The third kappa shape index (κ3) is 2.93. The zero-order valence-corrected chi connectivity index (χ0v) is 11.9. The second-order valence-electron chi connectivity index (χ2n) is 5.70. The molecule has 1 heterocycles. The average Bonchev–Trinajstić information content (AvgIpc) is 2.95. The van der Waals surface area contributed by atoms with Crippen LogP contribution in [0.1, 0.15) is 31.4 Å². The second kappa shape index (κ2) is 5.85. The van der Waals surface area contributed by atoms with Crippen LogP contribution in [0, 0.1) is 0 Å². The van der Waals surface area contributed by atoms with Gasteiger partial charge in [0.25, 0.3) is 0 Å². The van der Waals surface area contributed by atoms with Crippen molar-refractivity contribution in [2.75, 3.05) is 27.2 Å². The van der Waals surface area contributed by atoms with Crippen molar-refractivity contribution < 1.29 is 0 Å². The SMILES string of the molecule is CN(C)C1(CNCCc2ccnn2C)CCCC1. The normalized spacial score (nSPS) is 18.7. The fraction of sp³-hybridized carbons (Fsp3) is 0.786. The quantitative estimate of drug-likeness (QED) is 0.775. The molecule has 1 saturated carbocycles. The molecule has 0 aliphatic heterocycles. The van der Waals surface area contributed by atoms with Gasteiger partial charge in [-0.15, -0.1) is 0 Å². The Kier molecular flexibility index (Phi) is 4.40. The van der Waals surface area contributed by atoms with Gasteiger partial charge < -0.3 is 10.2 Å². The minimum atomic E-state index is 0.395. The Hall–Kier alpha value is -0.870. The van der Waals surface area contributed by atoms with E-state index in [1.807, 2.05) is 17.9 Å². The highest BCUT2D eigenvalue weighted by atomic mass is 15.3. The van der Waals surface area contributed by atoms with E-state index in [-0.39, 0.29) is 0 Å². The first-order valence-electron chi connectivity index (χ1n) is 6.99. The Labute approximate surface area is 110 Å². The van der Waals surface area contributed by atoms with Crippen LogP contribution in [0.3, 0.4) is 0 Å². The molecule has 0 aromatic carbocycles. The minimum Gasteiger partial charge on any atom is -0.315 e. The lowest BCUT2D eigenvalue weighted by molar-refractivity contribution is 0.154. The molecule has 18 heavy (non-hydrogen) atoms. The average molecular weight is 250 g/mol. The van der Waals surface area contributed by atoms with Gasteiger partial charge in [0.05, 0.1) is 0 Å². The summed E-state index contributed by atoms with van der Waals surface area (Å²) in [5.41, 5.74) is 1.69. The van der Waals surface area contributed by atoms with Gasteiger partial charge in [0, 0.05) is 44.0 Å². The molecule has 4 nitrogen and oxygen atoms in total. The van der Waals surface area contributed by atoms with Gasteiger partial charge in [0.15, 0.2) is 0 Å². The van der Waals surface area contributed by atoms with Gasteiger partial charge in [0.1, 0.15) is 0 Å². The molecule has 2 rings (SSSR count). The van der Waals surface area contributed by atoms with Crippen LogP contribution in [-0.2, 0) is 13.5 Å². The predicted octanol–water partition coefficient (Wildman–Crippen LogP) is 1.43. The Morgan fingerprint density at radius 3 is 2.67 bits per heavy atom. The van der Waals surface area contributed by atoms with E-state index in [0.29, 0.717) is 5.54 Å². The molecule has 1 aliphatic carbocycles. The van der Waals surface area contributed by atoms with Gasteiger partial charge in [-0.2, -0.15) is 5.10 Å². The number of aromatic nitrogens is 2. The van der Waals surface area contributed by atoms with E-state index in [9.17, 15) is 0 Å². The van der Waals surface area contributed by atoms with Gasteiger partial charge in [-0.25, -0.2) is 0 Å². The van der Waals surface area contributed by atoms with Gasteiger partial charge in [-0.3, -0.25) is 4.68 Å². The van der Waals surface area contributed by atoms with Gasteiger partial charge in [-0.05, 0) is 33.0 Å². The maximum Gasteiger partial charge on any atom is 0.0492 e. The minimum absolute atomic E-state index is 0.395. The van der Waals surface area contributed by atoms with Crippen molar-refractivity contribution in [2.45, 2.75) is 37.6 Å². The molecule has 1 aliphatic rings. The van der Waals surface area contributed by atoms with E-state index in [1.165, 1.54) is 31.4 Å². The molecule has 102 valence electrons. The highest BCUT2D eigenvalue weighted by Crippen LogP contribution is 2.32. The van der Waals surface area contributed by atoms with Crippen molar-refractivity contribution in [2.24, 2.45) is 7.05 Å². The Balaban J connectivity index is 1.76. The summed E-state index contributed by atoms with van der Waals surface area (Å²) in [5, 5.41) is 7.83. The summed E-state index contributed by atoms with van der Waals surface area (Å²) in [6.07, 6.45) is 8.34. The van der Waals surface area contributed by atoms with Crippen LogP contribution in [0.4, 0.5) is 0 Å². The number of likely N-dealkylation sites (N-methyl/N-ethyl adjacent to an activating group) is 1. The molecule has 1 aromatic heterocycles. The van der Waals surface area contributed by atoms with E-state index >= 15 is 0 Å². The Morgan fingerprint density at radius 2 is 2.11 bits per heavy atom. The first-order valence-corrected chi connectivity index (χ1v) is 6.99. The Bertz CT molecular complexity index is 364.